The lowest BCUT2D eigenvalue weighted by Crippen LogP contribution is -2.39. The molecule has 0 saturated carbocycles. The maximum atomic E-state index is 12.6. The van der Waals surface area contributed by atoms with E-state index in [1.54, 1.807) is 18.4 Å². The monoisotopic (exact) mass is 358 g/mol. The molecule has 134 valence electrons. The maximum absolute atomic E-state index is 12.6. The van der Waals surface area contributed by atoms with Crippen molar-refractivity contribution in [2.45, 2.75) is 39.2 Å². The zero-order chi connectivity index (χ0) is 17.6. The first-order chi connectivity index (χ1) is 12.2. The van der Waals surface area contributed by atoms with E-state index in [1.807, 2.05) is 11.8 Å². The Labute approximate surface area is 153 Å². The van der Waals surface area contributed by atoms with Gasteiger partial charge in [0.1, 0.15) is 5.01 Å². The highest BCUT2D eigenvalue weighted by Gasteiger charge is 2.24. The van der Waals surface area contributed by atoms with Crippen molar-refractivity contribution in [1.82, 2.24) is 9.88 Å². The van der Waals surface area contributed by atoms with Crippen LogP contribution >= 0.6 is 11.3 Å². The third-order valence-electron chi connectivity index (χ3n) is 4.85. The van der Waals surface area contributed by atoms with Crippen LogP contribution in [-0.4, -0.2) is 36.0 Å². The van der Waals surface area contributed by atoms with Gasteiger partial charge in [-0.3, -0.25) is 4.79 Å². The van der Waals surface area contributed by atoms with Gasteiger partial charge in [0.05, 0.1) is 18.7 Å². The average molecular weight is 359 g/mol. The van der Waals surface area contributed by atoms with Gasteiger partial charge in [-0.2, -0.15) is 0 Å². The maximum Gasteiger partial charge on any atom is 0.227 e. The molecule has 0 bridgehead atoms. The molecule has 2 aromatic rings. The summed E-state index contributed by atoms with van der Waals surface area (Å²) in [7, 11) is 1.67. The molecule has 1 aliphatic rings. The second kappa shape index (κ2) is 8.59. The molecule has 0 atom stereocenters. The number of amides is 1. The van der Waals surface area contributed by atoms with Crippen molar-refractivity contribution in [1.29, 1.82) is 0 Å². The molecule has 0 N–H and O–H groups in total. The van der Waals surface area contributed by atoms with Crippen LogP contribution in [0, 0.1) is 12.8 Å². The second-order valence-electron chi connectivity index (χ2n) is 6.74. The fourth-order valence-electron chi connectivity index (χ4n) is 3.42. The molecular formula is C20H26N2O2S. The number of nitrogens with zero attached hydrogens (tertiary/aromatic N) is 2. The summed E-state index contributed by atoms with van der Waals surface area (Å²) in [6, 6.07) is 10.7. The van der Waals surface area contributed by atoms with Crippen molar-refractivity contribution >= 4 is 17.2 Å². The van der Waals surface area contributed by atoms with Crippen molar-refractivity contribution in [3.8, 4) is 0 Å². The molecule has 1 saturated heterocycles. The van der Waals surface area contributed by atoms with Gasteiger partial charge in [-0.25, -0.2) is 4.98 Å². The molecule has 5 heteroatoms. The predicted octanol–water partition coefficient (Wildman–Crippen LogP) is 3.62. The highest BCUT2D eigenvalue weighted by molar-refractivity contribution is 7.11. The summed E-state index contributed by atoms with van der Waals surface area (Å²) in [5.74, 6) is 0.916. The first-order valence-corrected chi connectivity index (χ1v) is 9.73. The number of likely N-dealkylation sites (tertiary alicyclic amines) is 1. The zero-order valence-corrected chi connectivity index (χ0v) is 15.8. The van der Waals surface area contributed by atoms with Gasteiger partial charge in [-0.05, 0) is 37.7 Å². The molecule has 1 aliphatic heterocycles. The third kappa shape index (κ3) is 4.89. The number of hydrogen-bond donors (Lipinski definition) is 0. The topological polar surface area (TPSA) is 42.4 Å². The number of carbonyl (C=O) groups is 1. The molecule has 25 heavy (non-hydrogen) atoms. The van der Waals surface area contributed by atoms with Gasteiger partial charge >= 0.3 is 0 Å². The Morgan fingerprint density at radius 2 is 2.00 bits per heavy atom. The predicted molar refractivity (Wildman–Crippen MR) is 101 cm³/mol. The lowest BCUT2D eigenvalue weighted by atomic mass is 9.90. The minimum absolute atomic E-state index is 0.230. The van der Waals surface area contributed by atoms with Gasteiger partial charge in [0.25, 0.3) is 0 Å². The number of piperidine rings is 1. The van der Waals surface area contributed by atoms with E-state index < -0.39 is 0 Å². The third-order valence-corrected chi connectivity index (χ3v) is 5.98. The van der Waals surface area contributed by atoms with Crippen molar-refractivity contribution in [3.05, 3.63) is 51.5 Å². The second-order valence-corrected chi connectivity index (χ2v) is 7.91. The van der Waals surface area contributed by atoms with Crippen molar-refractivity contribution < 1.29 is 9.53 Å². The van der Waals surface area contributed by atoms with Crippen LogP contribution in [0.1, 0.15) is 34.0 Å². The van der Waals surface area contributed by atoms with Crippen LogP contribution < -0.4 is 0 Å². The number of aryl methyl sites for hydroxylation is 1. The van der Waals surface area contributed by atoms with E-state index in [-0.39, 0.29) is 5.91 Å². The van der Waals surface area contributed by atoms with Crippen LogP contribution in [0.25, 0.3) is 0 Å². The quantitative estimate of drug-likeness (QED) is 0.792. The normalized spacial score (nSPS) is 15.5. The number of methoxy groups -OCH3 is 1. The Morgan fingerprint density at radius 3 is 2.68 bits per heavy atom. The summed E-state index contributed by atoms with van der Waals surface area (Å²) < 4.78 is 5.13. The van der Waals surface area contributed by atoms with Gasteiger partial charge in [0.15, 0.2) is 0 Å². The van der Waals surface area contributed by atoms with Crippen LogP contribution in [-0.2, 0) is 29.0 Å². The van der Waals surface area contributed by atoms with Crippen LogP contribution in [0.5, 0.6) is 0 Å². The van der Waals surface area contributed by atoms with E-state index in [4.69, 9.17) is 4.74 Å². The Bertz CT molecular complexity index is 691. The summed E-state index contributed by atoms with van der Waals surface area (Å²) in [5, 5.41) is 0.948. The number of thiazole rings is 1. The molecule has 0 unspecified atom stereocenters. The standard InChI is InChI=1S/C20H26N2O2S/c1-15-18(25-19(21-15)14-24-2)13-20(23)22-10-8-17(9-11-22)12-16-6-4-3-5-7-16/h3-7,17H,8-14H2,1-2H3. The van der Waals surface area contributed by atoms with E-state index in [1.165, 1.54) is 5.56 Å². The SMILES string of the molecule is COCc1nc(C)c(CC(=O)N2CCC(Cc3ccccc3)CC2)s1. The molecular weight excluding hydrogens is 332 g/mol. The van der Waals surface area contributed by atoms with E-state index >= 15 is 0 Å². The highest BCUT2D eigenvalue weighted by Crippen LogP contribution is 2.24. The lowest BCUT2D eigenvalue weighted by Gasteiger charge is -2.32. The van der Waals surface area contributed by atoms with Crippen molar-refractivity contribution in [2.24, 2.45) is 5.92 Å². The fraction of sp³-hybridized carbons (Fsp3) is 0.500. The largest absolute Gasteiger partial charge is 0.378 e. The fourth-order valence-corrected chi connectivity index (χ4v) is 4.45. The molecule has 4 nitrogen and oxygen atoms in total. The van der Waals surface area contributed by atoms with Crippen LogP contribution in [0.3, 0.4) is 0 Å². The smallest absolute Gasteiger partial charge is 0.227 e. The van der Waals surface area contributed by atoms with E-state index in [9.17, 15) is 4.79 Å². The number of carbonyl (C=O) groups excluding carboxylic acids is 1. The average Bonchev–Trinajstić information content (AvgIpc) is 2.96. The highest BCUT2D eigenvalue weighted by atomic mass is 32.1. The summed E-state index contributed by atoms with van der Waals surface area (Å²) in [5.41, 5.74) is 2.36. The minimum Gasteiger partial charge on any atom is -0.378 e. The molecule has 0 radical (unpaired) electrons. The first kappa shape index (κ1) is 18.1. The van der Waals surface area contributed by atoms with Gasteiger partial charge in [0, 0.05) is 25.1 Å². The number of benzene rings is 1. The van der Waals surface area contributed by atoms with Crippen LogP contribution in [0.2, 0.25) is 0 Å². The minimum atomic E-state index is 0.230. The Kier molecular flexibility index (Phi) is 6.21. The molecule has 1 amide bonds. The van der Waals surface area contributed by atoms with Gasteiger partial charge < -0.3 is 9.64 Å². The summed E-state index contributed by atoms with van der Waals surface area (Å²) >= 11 is 1.60. The summed E-state index contributed by atoms with van der Waals surface area (Å²) in [4.78, 5) is 20.2. The summed E-state index contributed by atoms with van der Waals surface area (Å²) in [6.07, 6.45) is 3.78. The molecule has 1 aromatic carbocycles. The van der Waals surface area contributed by atoms with E-state index in [0.717, 1.165) is 47.9 Å². The van der Waals surface area contributed by atoms with E-state index in [2.05, 4.69) is 35.3 Å². The number of aromatic nitrogens is 1. The van der Waals surface area contributed by atoms with Crippen molar-refractivity contribution in [2.75, 3.05) is 20.2 Å². The molecule has 0 aliphatic carbocycles. The first-order valence-electron chi connectivity index (χ1n) is 8.91. The Morgan fingerprint density at radius 1 is 1.28 bits per heavy atom. The zero-order valence-electron chi connectivity index (χ0n) is 15.0. The molecule has 1 fully saturated rings. The van der Waals surface area contributed by atoms with Gasteiger partial charge in [-0.1, -0.05) is 30.3 Å². The molecule has 0 spiro atoms. The number of rotatable bonds is 6. The molecule has 2 heterocycles. The van der Waals surface area contributed by atoms with Gasteiger partial charge in [0.2, 0.25) is 5.91 Å². The Hall–Kier alpha value is -1.72. The van der Waals surface area contributed by atoms with Crippen LogP contribution in [0.4, 0.5) is 0 Å². The molecule has 3 rings (SSSR count). The number of ether oxygens (including phenoxy) is 1. The number of hydrogen-bond acceptors (Lipinski definition) is 4. The molecule has 1 aromatic heterocycles. The van der Waals surface area contributed by atoms with Crippen LogP contribution in [0.15, 0.2) is 30.3 Å². The lowest BCUT2D eigenvalue weighted by molar-refractivity contribution is -0.131. The Balaban J connectivity index is 1.50. The summed E-state index contributed by atoms with van der Waals surface area (Å²) in [6.45, 7) is 4.24. The van der Waals surface area contributed by atoms with Crippen molar-refractivity contribution in [3.63, 3.8) is 0 Å². The van der Waals surface area contributed by atoms with E-state index in [0.29, 0.717) is 18.9 Å². The van der Waals surface area contributed by atoms with Gasteiger partial charge in [-0.15, -0.1) is 11.3 Å².